The van der Waals surface area contributed by atoms with Crippen molar-refractivity contribution < 1.29 is 149 Å². The van der Waals surface area contributed by atoms with Gasteiger partial charge in [-0.25, -0.2) is 67.1 Å². The maximum Gasteiger partial charge on any atom is 0.527 e. The number of nitrogens with zero attached hydrogens (tertiary/aromatic N) is 17. The second-order valence-corrected chi connectivity index (χ2v) is 41.8. The molecular weight excluding hydrogens is 2050 g/mol. The Morgan fingerprint density at radius 1 is 0.361 bits per heavy atom. The van der Waals surface area contributed by atoms with Crippen LogP contribution in [0.1, 0.15) is 97.4 Å². The summed E-state index contributed by atoms with van der Waals surface area (Å²) in [5.41, 5.74) is 24.1. The minimum atomic E-state index is -5.74. The molecule has 65 nitrogen and oxygen atoms in total. The number of rotatable bonds is 36. The third kappa shape index (κ3) is 20.3. The van der Waals surface area contributed by atoms with E-state index in [4.69, 9.17) is 111 Å². The van der Waals surface area contributed by atoms with Crippen molar-refractivity contribution >= 4 is 138 Å². The fourth-order valence-electron chi connectivity index (χ4n) is 17.5. The highest BCUT2D eigenvalue weighted by atomic mass is 31.2. The van der Waals surface area contributed by atoms with Crippen LogP contribution in [0, 0.1) is 6.92 Å². The first kappa shape index (κ1) is 99.3. The number of phosphoric ester groups is 6. The molecule has 71 heteroatoms. The van der Waals surface area contributed by atoms with Crippen LogP contribution in [0.2, 0.25) is 0 Å². The zero-order chi connectivity index (χ0) is 101. The third-order valence-corrected chi connectivity index (χ3v) is 29.9. The lowest BCUT2D eigenvalue weighted by Crippen LogP contribution is -2.33. The largest absolute Gasteiger partial charge is 0.527 e. The maximum atomic E-state index is 14.8. The van der Waals surface area contributed by atoms with Crippen LogP contribution in [0.4, 0.5) is 29.6 Å². The minimum Gasteiger partial charge on any atom is -0.403 e. The summed E-state index contributed by atoms with van der Waals surface area (Å²) in [6.45, 7) is -5.02. The summed E-state index contributed by atoms with van der Waals surface area (Å²) in [7, 11) is -33.4. The van der Waals surface area contributed by atoms with Gasteiger partial charge in [-0.2, -0.15) is 19.9 Å². The first-order valence-corrected chi connectivity index (χ1v) is 51.8. The number of fused-ring (bicyclic) bond motifs is 8. The van der Waals surface area contributed by atoms with Gasteiger partial charge in [0.25, 0.3) is 27.8 Å². The Hall–Kier alpha value is -12.0. The van der Waals surface area contributed by atoms with Crippen LogP contribution in [0.5, 0.6) is 5.75 Å². The van der Waals surface area contributed by atoms with E-state index < -0.39 is 286 Å². The molecule has 0 radical (unpaired) electrons. The van der Waals surface area contributed by atoms with Gasteiger partial charge >= 0.3 is 52.6 Å². The molecule has 2 aromatic carbocycles. The van der Waals surface area contributed by atoms with E-state index in [1.54, 1.807) is 24.3 Å². The molecule has 6 aliphatic heterocycles. The van der Waals surface area contributed by atoms with Gasteiger partial charge < -0.3 is 91.2 Å². The number of aliphatic hydroxyl groups excluding tert-OH is 1. The van der Waals surface area contributed by atoms with E-state index in [1.165, 1.54) is 46.9 Å². The smallest absolute Gasteiger partial charge is 0.403 e. The molecule has 1 aliphatic carbocycles. The lowest BCUT2D eigenvalue weighted by Gasteiger charge is -2.26. The molecule has 24 atom stereocenters. The van der Waals surface area contributed by atoms with Crippen molar-refractivity contribution in [3.63, 3.8) is 0 Å². The number of aromatic nitrogens is 22. The number of carbonyl (C=O) groups is 1. The number of H-pyrrole nitrogens is 5. The summed E-state index contributed by atoms with van der Waals surface area (Å²) in [5, 5.41) is 11.1. The van der Waals surface area contributed by atoms with Gasteiger partial charge in [-0.05, 0) is 18.6 Å². The number of hydrogen-bond donors (Lipinski definition) is 17. The maximum absolute atomic E-state index is 14.8. The number of benzene rings is 2. The standard InChI is InChI=1S/C73H81N27O38P6/c1-28-15-95(73(108)94-64(28)103)46-10-34(40(128-46)17-122-139(109,110)133-33-8-4-7-31-51(33)29-5-2-3-6-30(29)57(31)102)134-141(113,114)124-19-42-36(12-48(130-42)98-25-83-54-61(98)87-70(76)91-66(54)105)137-143(117,118)126-21-44-38(14-50(132-44)100-27-85-56-63(100)89-72(78)93-68(56)107)138-144(119,120)125-20-43-37(13-49(131-43)99-26-84-55-62(99)88-71(77)92-67(55)106)136-142(115,116)123-18-41-35(11-47(129-41)96-23-81-52-58(74)79-22-80-59(52)96)135-140(111,112)121-16-39-32(101)9-45(127-39)97-24-82-53-60(97)86-69(75)90-65(53)104/h2-8,15,22-27,32,34-50,101H,9-14,16-21H2,1H3,(H,109,110)(H,111,112)(H,113,114)(H,115,116)(H,117,118)(H,119,120)(H2,74,79,80)(H,94,103,108)(H3,75,86,90,104)(H3,76,87,91,105)(H3,77,88,92,106)(H3,78,89,93,107). The third-order valence-electron chi connectivity index (χ3n) is 24.0. The fraction of sp³-hybridized carbons (Fsp3) is 0.425. The number of ether oxygens (including phenoxy) is 6. The van der Waals surface area contributed by atoms with E-state index in [0.717, 1.165) is 49.8 Å². The first-order valence-electron chi connectivity index (χ1n) is 42.9. The van der Waals surface area contributed by atoms with Crippen LogP contribution < -0.4 is 66.7 Å². The molecule has 0 saturated carbocycles. The highest BCUT2D eigenvalue weighted by molar-refractivity contribution is 7.49. The fourth-order valence-corrected chi connectivity index (χ4v) is 23.1. The summed E-state index contributed by atoms with van der Waals surface area (Å²) >= 11 is 0. The Bertz CT molecular complexity index is 7970. The van der Waals surface area contributed by atoms with Gasteiger partial charge in [0.1, 0.15) is 122 Å². The number of nitrogens with two attached hydrogens (primary N) is 5. The monoisotopic (exact) mass is 2130 g/mol. The topological polar surface area (TPSA) is 910 Å². The Kier molecular flexibility index (Phi) is 26.5. The molecule has 0 spiro atoms. The van der Waals surface area contributed by atoms with E-state index in [9.17, 15) is 95.4 Å². The Morgan fingerprint density at radius 2 is 0.674 bits per heavy atom. The van der Waals surface area contributed by atoms with Crippen LogP contribution in [-0.4, -0.2) is 260 Å². The number of phosphoric acid groups is 6. The molecule has 0 amide bonds. The minimum absolute atomic E-state index is 0.00702. The summed E-state index contributed by atoms with van der Waals surface area (Å²) in [5.74, 6) is -2.22. The van der Waals surface area contributed by atoms with E-state index in [1.807, 2.05) is 0 Å². The van der Waals surface area contributed by atoms with Gasteiger partial charge in [0.05, 0.1) is 77.4 Å². The number of hydrogen-bond acceptors (Lipinski definition) is 48. The predicted molar refractivity (Wildman–Crippen MR) is 478 cm³/mol. The van der Waals surface area contributed by atoms with Crippen LogP contribution in [0.25, 0.3) is 66.9 Å². The van der Waals surface area contributed by atoms with Gasteiger partial charge in [0, 0.05) is 67.0 Å². The number of imidazole rings is 5. The van der Waals surface area contributed by atoms with E-state index in [-0.39, 0.29) is 102 Å². The average Bonchev–Trinajstić information content (AvgIpc) is 1.60. The van der Waals surface area contributed by atoms with E-state index in [0.29, 0.717) is 5.56 Å². The molecule has 6 saturated heterocycles. The van der Waals surface area contributed by atoms with Crippen LogP contribution >= 0.6 is 46.9 Å². The van der Waals surface area contributed by atoms with Crippen molar-refractivity contribution in [3.05, 3.63) is 166 Å². The number of anilines is 5. The molecular formula is C73H81N27O38P6. The lowest BCUT2D eigenvalue weighted by molar-refractivity contribution is -0.0638. The van der Waals surface area contributed by atoms with Crippen molar-refractivity contribution in [2.45, 2.75) is 156 Å². The van der Waals surface area contributed by atoms with Gasteiger partial charge in [0.15, 0.2) is 61.9 Å². The van der Waals surface area contributed by atoms with Gasteiger partial charge in [-0.15, -0.1) is 0 Å². The second kappa shape index (κ2) is 38.4. The summed E-state index contributed by atoms with van der Waals surface area (Å²) in [6, 6.07) is 10.6. The van der Waals surface area contributed by atoms with Crippen LogP contribution in [-0.2, 0) is 106 Å². The quantitative estimate of drug-likeness (QED) is 0.0232. The zero-order valence-electron chi connectivity index (χ0n) is 73.4. The number of carbonyl (C=O) groups excluding carboxylic acids is 1. The molecule has 13 aromatic rings. The zero-order valence-corrected chi connectivity index (χ0v) is 78.8. The molecule has 6 fully saturated rings. The molecule has 766 valence electrons. The first-order chi connectivity index (χ1) is 68.4. The van der Waals surface area contributed by atoms with Gasteiger partial charge in [0.2, 0.25) is 23.8 Å². The number of aromatic amines is 5. The van der Waals surface area contributed by atoms with Crippen molar-refractivity contribution in [1.29, 1.82) is 0 Å². The highest BCUT2D eigenvalue weighted by Crippen LogP contribution is 2.59. The van der Waals surface area contributed by atoms with Crippen LogP contribution in [0.3, 0.4) is 0 Å². The highest BCUT2D eigenvalue weighted by Gasteiger charge is 2.53. The Morgan fingerprint density at radius 3 is 1.05 bits per heavy atom. The molecule has 24 unspecified atom stereocenters. The van der Waals surface area contributed by atoms with Crippen LogP contribution in [0.15, 0.2) is 115 Å². The number of ketones is 1. The van der Waals surface area contributed by atoms with Crippen molar-refractivity contribution in [2.75, 3.05) is 68.3 Å². The molecule has 11 aromatic heterocycles. The average molecular weight is 2130 g/mol. The predicted octanol–water partition coefficient (Wildman–Crippen LogP) is 0.133. The molecule has 17 heterocycles. The van der Waals surface area contributed by atoms with E-state index in [2.05, 4.69) is 79.7 Å². The Labute approximate surface area is 798 Å². The van der Waals surface area contributed by atoms with E-state index >= 15 is 0 Å². The summed E-state index contributed by atoms with van der Waals surface area (Å²) < 4.78 is 198. The molecule has 144 heavy (non-hydrogen) atoms. The number of aliphatic hydroxyl groups is 1. The van der Waals surface area contributed by atoms with Crippen molar-refractivity contribution in [1.82, 2.24) is 107 Å². The Balaban J connectivity index is 0.531. The summed E-state index contributed by atoms with van der Waals surface area (Å²) in [6.07, 6.45) is -23.7. The number of aryl methyl sites for hydroxylation is 1. The molecule has 0 bridgehead atoms. The van der Waals surface area contributed by atoms with Gasteiger partial charge in [-0.3, -0.25) is 136 Å². The second-order valence-electron chi connectivity index (χ2n) is 33.4. The molecule has 22 N–H and O–H groups in total. The number of nitrogen functional groups attached to an aromatic ring is 5. The normalized spacial score (nSPS) is 27.4. The SMILES string of the molecule is Cc1cn(C2CC(OP(=O)(O)OCC3OC(n4cnc5c(=O)[nH]c(N)nc54)CC3OP(=O)(O)OCC3OC(n4cnc5c(=O)[nH]c(N)nc54)CC3OP(=O)(O)OCC3OC(n4cnc5c(=O)[nH]c(N)nc54)CC3OP(=O)(O)OCC3OC(n4cnc5c(N)ncnc54)CC3OP(=O)(O)OCC3OC(n4cnc5c(=O)[nH]c(N)nc54)CC3O)C(COP(=O)(O)Oc3cccc4c3-c3ccccc3C4=O)O2)c(=O)[nH]c1=O. The summed E-state index contributed by atoms with van der Waals surface area (Å²) in [4.78, 5) is 218. The van der Waals surface area contributed by atoms with Crippen molar-refractivity contribution in [3.8, 4) is 16.9 Å². The van der Waals surface area contributed by atoms with Gasteiger partial charge in [-0.1, -0.05) is 36.4 Å². The molecule has 20 rings (SSSR count). The molecule has 7 aliphatic rings. The lowest BCUT2D eigenvalue weighted by atomic mass is 10.1. The number of nitrogens with one attached hydrogen (secondary N) is 5. The van der Waals surface area contributed by atoms with Crippen molar-refractivity contribution in [2.24, 2.45) is 0 Å².